The van der Waals surface area contributed by atoms with Crippen LogP contribution in [0.2, 0.25) is 0 Å². The number of fused-ring (bicyclic) bond motifs is 5. The topological polar surface area (TPSA) is 6.48 Å². The van der Waals surface area contributed by atoms with E-state index in [-0.39, 0.29) is 0 Å². The lowest BCUT2D eigenvalue weighted by Gasteiger charge is -2.30. The van der Waals surface area contributed by atoms with Crippen molar-refractivity contribution in [2.45, 2.75) is 62.3 Å². The smallest absolute Gasteiger partial charge is 0.0546 e. The number of anilines is 5. The highest BCUT2D eigenvalue weighted by molar-refractivity contribution is 6.24. The Hall–Kier alpha value is -5.86. The van der Waals surface area contributed by atoms with Crippen LogP contribution in [0.4, 0.5) is 28.4 Å². The number of nitrogens with zero attached hydrogens (tertiary/aromatic N) is 2. The molecule has 53 heavy (non-hydrogen) atoms. The minimum Gasteiger partial charge on any atom is -0.310 e. The minimum absolute atomic E-state index is 1.04. The molecule has 0 aliphatic heterocycles. The van der Waals surface area contributed by atoms with E-state index in [4.69, 9.17) is 0 Å². The molecule has 7 aromatic rings. The van der Waals surface area contributed by atoms with E-state index in [0.717, 1.165) is 34.1 Å². The summed E-state index contributed by atoms with van der Waals surface area (Å²) in [6.45, 7) is 22.1. The number of benzene rings is 7. The van der Waals surface area contributed by atoms with Crippen molar-refractivity contribution in [1.82, 2.24) is 0 Å². The molecule has 7 rings (SSSR count). The largest absolute Gasteiger partial charge is 0.310 e. The molecule has 0 bridgehead atoms. The monoisotopic (exact) mass is 698 g/mol. The van der Waals surface area contributed by atoms with Gasteiger partial charge in [-0.05, 0) is 89.2 Å². The van der Waals surface area contributed by atoms with Crippen molar-refractivity contribution in [3.05, 3.63) is 188 Å². The molecular formula is C51H58N2. The maximum Gasteiger partial charge on any atom is 0.0546 e. The number of hydrogen-bond donors (Lipinski definition) is 0. The first-order valence-electron chi connectivity index (χ1n) is 19.4. The second-order valence-electron chi connectivity index (χ2n) is 11.0. The predicted octanol–water partition coefficient (Wildman–Crippen LogP) is 16.5. The Morgan fingerprint density at radius 1 is 0.434 bits per heavy atom. The molecule has 0 atom stereocenters. The molecular weight excluding hydrogens is 641 g/mol. The van der Waals surface area contributed by atoms with Crippen molar-refractivity contribution in [2.75, 3.05) is 9.80 Å². The van der Waals surface area contributed by atoms with Crippen molar-refractivity contribution < 1.29 is 0 Å². The lowest BCUT2D eigenvalue weighted by atomic mass is 9.93. The van der Waals surface area contributed by atoms with Crippen LogP contribution in [0.15, 0.2) is 188 Å². The average Bonchev–Trinajstić information content (AvgIpc) is 3.25. The van der Waals surface area contributed by atoms with Crippen molar-refractivity contribution in [1.29, 1.82) is 0 Å². The van der Waals surface area contributed by atoms with Gasteiger partial charge in [0, 0.05) is 33.5 Å². The van der Waals surface area contributed by atoms with Gasteiger partial charge in [-0.1, -0.05) is 177 Å². The molecule has 0 saturated carbocycles. The first-order chi connectivity index (χ1) is 26.3. The summed E-state index contributed by atoms with van der Waals surface area (Å²) < 4.78 is 0. The van der Waals surface area contributed by atoms with Gasteiger partial charge in [0.1, 0.15) is 0 Å². The number of allylic oxidation sites excluding steroid dienone is 4. The molecule has 272 valence electrons. The quantitative estimate of drug-likeness (QED) is 0.115. The van der Waals surface area contributed by atoms with Gasteiger partial charge in [0.2, 0.25) is 0 Å². The molecule has 0 radical (unpaired) electrons. The normalized spacial score (nSPS) is 10.5. The fourth-order valence-corrected chi connectivity index (χ4v) is 6.36. The zero-order chi connectivity index (χ0) is 38.6. The van der Waals surface area contributed by atoms with Crippen molar-refractivity contribution in [3.8, 4) is 0 Å². The molecule has 0 amide bonds. The van der Waals surface area contributed by atoms with Gasteiger partial charge in [0.05, 0.1) is 11.4 Å². The van der Waals surface area contributed by atoms with Crippen LogP contribution in [-0.2, 0) is 0 Å². The Bertz CT molecular complexity index is 2140. The zero-order valence-corrected chi connectivity index (χ0v) is 33.3. The number of para-hydroxylation sites is 3. The Morgan fingerprint density at radius 3 is 1.21 bits per heavy atom. The van der Waals surface area contributed by atoms with Gasteiger partial charge in [-0.2, -0.15) is 0 Å². The summed E-state index contributed by atoms with van der Waals surface area (Å²) in [7, 11) is 0. The van der Waals surface area contributed by atoms with Crippen LogP contribution < -0.4 is 9.80 Å². The van der Waals surface area contributed by atoms with Gasteiger partial charge >= 0.3 is 0 Å². The van der Waals surface area contributed by atoms with Crippen LogP contribution in [0, 0.1) is 0 Å². The summed E-state index contributed by atoms with van der Waals surface area (Å²) in [5, 5.41) is 7.22. The molecule has 7 aromatic carbocycles. The Morgan fingerprint density at radius 2 is 0.792 bits per heavy atom. The predicted molar refractivity (Wildman–Crippen MR) is 241 cm³/mol. The fourth-order valence-electron chi connectivity index (χ4n) is 6.36. The lowest BCUT2D eigenvalue weighted by molar-refractivity contribution is 1.22. The van der Waals surface area contributed by atoms with Gasteiger partial charge in [0.15, 0.2) is 0 Å². The molecule has 0 unspecified atom stereocenters. The van der Waals surface area contributed by atoms with Crippen LogP contribution >= 0.6 is 0 Å². The van der Waals surface area contributed by atoms with Crippen LogP contribution in [-0.4, -0.2) is 0 Å². The van der Waals surface area contributed by atoms with E-state index in [0.29, 0.717) is 0 Å². The number of hydrogen-bond acceptors (Lipinski definition) is 2. The molecule has 0 saturated heterocycles. The lowest BCUT2D eigenvalue weighted by Crippen LogP contribution is -2.15. The first kappa shape index (κ1) is 41.6. The van der Waals surface area contributed by atoms with E-state index < -0.39 is 0 Å². The van der Waals surface area contributed by atoms with Gasteiger partial charge < -0.3 is 9.80 Å². The summed E-state index contributed by atoms with van der Waals surface area (Å²) in [6, 6.07) is 54.2. The van der Waals surface area contributed by atoms with Gasteiger partial charge in [0.25, 0.3) is 0 Å². The van der Waals surface area contributed by atoms with Gasteiger partial charge in [-0.15, -0.1) is 0 Å². The Kier molecular flexibility index (Phi) is 17.4. The van der Waals surface area contributed by atoms with Crippen molar-refractivity contribution >= 4 is 60.8 Å². The molecule has 2 heteroatoms. The highest BCUT2D eigenvalue weighted by Gasteiger charge is 2.21. The van der Waals surface area contributed by atoms with E-state index >= 15 is 0 Å². The Labute approximate surface area is 320 Å². The SMILES string of the molecule is C=C/C=C(\C=C/C)N(c1ccccc1)c1cc2c3ccccc3c(N(c3ccccc3)c3ccccc3)cc2c2ccccc12.CC.CC.CC.CC. The molecule has 0 spiro atoms. The first-order valence-corrected chi connectivity index (χ1v) is 19.4. The highest BCUT2D eigenvalue weighted by atomic mass is 15.2. The third kappa shape index (κ3) is 9.33. The second kappa shape index (κ2) is 22.2. The Balaban J connectivity index is 0.000000887. The third-order valence-corrected chi connectivity index (χ3v) is 8.25. The van der Waals surface area contributed by atoms with Crippen LogP contribution in [0.3, 0.4) is 0 Å². The summed E-state index contributed by atoms with van der Waals surface area (Å²) in [6.07, 6.45) is 8.16. The summed E-state index contributed by atoms with van der Waals surface area (Å²) >= 11 is 0. The second-order valence-corrected chi connectivity index (χ2v) is 11.0. The molecule has 0 aliphatic carbocycles. The molecule has 0 aromatic heterocycles. The summed E-state index contributed by atoms with van der Waals surface area (Å²) in [5.74, 6) is 0. The van der Waals surface area contributed by atoms with Gasteiger partial charge in [-0.3, -0.25) is 0 Å². The summed E-state index contributed by atoms with van der Waals surface area (Å²) in [5.41, 5.74) is 6.65. The van der Waals surface area contributed by atoms with Crippen LogP contribution in [0.1, 0.15) is 62.3 Å². The van der Waals surface area contributed by atoms with Crippen molar-refractivity contribution in [3.63, 3.8) is 0 Å². The maximum absolute atomic E-state index is 4.04. The van der Waals surface area contributed by atoms with Crippen LogP contribution in [0.5, 0.6) is 0 Å². The van der Waals surface area contributed by atoms with E-state index in [1.807, 2.05) is 61.5 Å². The highest BCUT2D eigenvalue weighted by Crippen LogP contribution is 2.46. The van der Waals surface area contributed by atoms with E-state index in [9.17, 15) is 0 Å². The van der Waals surface area contributed by atoms with Crippen LogP contribution in [0.25, 0.3) is 32.3 Å². The standard InChI is InChI=1S/C43H34N2.4C2H6/c1-3-18-32(19-4-2)44(33-20-8-5-9-21-33)42-30-40-37-27-15-17-29-39(37)43(31-41(40)36-26-14-16-28-38(36)42)45(34-22-10-6-11-23-34)35-24-12-7-13-25-35;4*1-2/h3-31H,1H2,2H3;4*1-2H3/b19-4-,32-18+;;;;. The maximum atomic E-state index is 4.04. The van der Waals surface area contributed by atoms with E-state index in [1.54, 1.807) is 0 Å². The van der Waals surface area contributed by atoms with E-state index in [1.165, 1.54) is 32.3 Å². The molecule has 2 nitrogen and oxygen atoms in total. The average molecular weight is 699 g/mol. The molecule has 0 fully saturated rings. The van der Waals surface area contributed by atoms with Gasteiger partial charge in [-0.25, -0.2) is 0 Å². The zero-order valence-electron chi connectivity index (χ0n) is 33.3. The third-order valence-electron chi connectivity index (χ3n) is 8.25. The fraction of sp³-hybridized carbons (Fsp3) is 0.176. The summed E-state index contributed by atoms with van der Waals surface area (Å²) in [4.78, 5) is 4.71. The molecule has 0 aliphatic rings. The number of rotatable bonds is 8. The van der Waals surface area contributed by atoms with Crippen molar-refractivity contribution in [2.24, 2.45) is 0 Å². The molecule has 0 N–H and O–H groups in total. The minimum atomic E-state index is 1.04. The van der Waals surface area contributed by atoms with E-state index in [2.05, 4.69) is 193 Å². The molecule has 0 heterocycles.